The van der Waals surface area contributed by atoms with Gasteiger partial charge in [0.25, 0.3) is 5.91 Å². The van der Waals surface area contributed by atoms with E-state index in [2.05, 4.69) is 27.1 Å². The maximum Gasteiger partial charge on any atom is 0.573 e. The minimum absolute atomic E-state index is 0.0561. The van der Waals surface area contributed by atoms with Gasteiger partial charge in [0.1, 0.15) is 28.9 Å². The summed E-state index contributed by atoms with van der Waals surface area (Å²) >= 11 is 0. The third kappa shape index (κ3) is 7.06. The monoisotopic (exact) mass is 600 g/mol. The number of aryl methyl sites for hydroxylation is 1. The lowest BCUT2D eigenvalue weighted by atomic mass is 9.94. The average molecular weight is 601 g/mol. The fourth-order valence-electron chi connectivity index (χ4n) is 5.62. The predicted octanol–water partition coefficient (Wildman–Crippen LogP) is 8.60. The SMILES string of the molecule is Cc1cccc(C(=O)Nc2cccc(OC3CCN(Cc4cc5ccccc5o4)CC3)c2)c1-c1ccc(OC(F)(F)F)cc1. The molecule has 1 aliphatic heterocycles. The van der Waals surface area contributed by atoms with E-state index in [1.165, 1.54) is 24.3 Å². The van der Waals surface area contributed by atoms with Crippen LogP contribution in [0.2, 0.25) is 0 Å². The topological polar surface area (TPSA) is 63.9 Å². The number of nitrogens with one attached hydrogen (secondary N) is 1. The summed E-state index contributed by atoms with van der Waals surface area (Å²) in [4.78, 5) is 15.8. The van der Waals surface area contributed by atoms with Crippen molar-refractivity contribution in [3.05, 3.63) is 114 Å². The molecule has 1 amide bonds. The van der Waals surface area contributed by atoms with Crippen LogP contribution in [0.4, 0.5) is 18.9 Å². The van der Waals surface area contributed by atoms with E-state index in [1.807, 2.05) is 43.3 Å². The van der Waals surface area contributed by atoms with Crippen molar-refractivity contribution in [1.82, 2.24) is 4.90 Å². The lowest BCUT2D eigenvalue weighted by Crippen LogP contribution is -2.37. The molecule has 1 fully saturated rings. The highest BCUT2D eigenvalue weighted by molar-refractivity contribution is 6.09. The summed E-state index contributed by atoms with van der Waals surface area (Å²) < 4.78 is 54.1. The molecule has 0 saturated carbocycles. The second kappa shape index (κ2) is 12.5. The molecule has 0 bridgehead atoms. The Labute approximate surface area is 253 Å². The highest BCUT2D eigenvalue weighted by Gasteiger charge is 2.31. The molecule has 4 aromatic carbocycles. The van der Waals surface area contributed by atoms with Crippen LogP contribution in [0.25, 0.3) is 22.1 Å². The number of rotatable bonds is 8. The number of amides is 1. The first-order valence-corrected chi connectivity index (χ1v) is 14.4. The van der Waals surface area contributed by atoms with Crippen LogP contribution in [0.5, 0.6) is 11.5 Å². The standard InChI is InChI=1S/C35H31F3N2O4/c1-23-6-4-10-31(33(23)24-12-14-28(15-13-24)44-35(36,37)38)34(41)39-26-8-5-9-29(21-26)42-27-16-18-40(19-17-27)22-30-20-25-7-2-3-11-32(25)43-30/h2-15,20-21,27H,16-19,22H2,1H3,(H,39,41). The lowest BCUT2D eigenvalue weighted by Gasteiger charge is -2.31. The Morgan fingerprint density at radius 2 is 1.66 bits per heavy atom. The third-order valence-electron chi connectivity index (χ3n) is 7.68. The van der Waals surface area contributed by atoms with E-state index >= 15 is 0 Å². The number of alkyl halides is 3. The molecule has 0 unspecified atom stereocenters. The average Bonchev–Trinajstić information content (AvgIpc) is 3.40. The first kappa shape index (κ1) is 29.3. The molecule has 2 heterocycles. The van der Waals surface area contributed by atoms with Gasteiger partial charge < -0.3 is 19.2 Å². The van der Waals surface area contributed by atoms with Gasteiger partial charge in [-0.2, -0.15) is 0 Å². The fraction of sp³-hybridized carbons (Fsp3) is 0.229. The number of nitrogens with zero attached hydrogens (tertiary/aromatic N) is 1. The number of ether oxygens (including phenoxy) is 2. The number of carbonyl (C=O) groups excluding carboxylic acids is 1. The Kier molecular flexibility index (Phi) is 8.30. The van der Waals surface area contributed by atoms with Gasteiger partial charge in [0, 0.05) is 35.8 Å². The Morgan fingerprint density at radius 3 is 2.41 bits per heavy atom. The normalized spacial score (nSPS) is 14.5. The molecule has 226 valence electrons. The summed E-state index contributed by atoms with van der Waals surface area (Å²) in [6, 6.07) is 28.2. The molecule has 0 atom stereocenters. The van der Waals surface area contributed by atoms with Crippen LogP contribution >= 0.6 is 0 Å². The van der Waals surface area contributed by atoms with E-state index in [9.17, 15) is 18.0 Å². The number of hydrogen-bond acceptors (Lipinski definition) is 5. The molecule has 1 N–H and O–H groups in total. The smallest absolute Gasteiger partial charge is 0.490 e. The Morgan fingerprint density at radius 1 is 0.909 bits per heavy atom. The van der Waals surface area contributed by atoms with Crippen molar-refractivity contribution in [3.8, 4) is 22.6 Å². The first-order chi connectivity index (χ1) is 21.2. The summed E-state index contributed by atoms with van der Waals surface area (Å²) in [6.07, 6.45) is -2.98. The molecule has 1 aromatic heterocycles. The van der Waals surface area contributed by atoms with E-state index in [0.717, 1.165) is 54.8 Å². The van der Waals surface area contributed by atoms with E-state index in [1.54, 1.807) is 24.3 Å². The second-order valence-electron chi connectivity index (χ2n) is 10.9. The van der Waals surface area contributed by atoms with Gasteiger partial charge in [0.05, 0.1) is 6.54 Å². The molecule has 9 heteroatoms. The number of carbonyl (C=O) groups is 1. The van der Waals surface area contributed by atoms with Gasteiger partial charge in [0.2, 0.25) is 0 Å². The van der Waals surface area contributed by atoms with Crippen LogP contribution in [-0.4, -0.2) is 36.4 Å². The maximum absolute atomic E-state index is 13.4. The molecule has 44 heavy (non-hydrogen) atoms. The Balaban J connectivity index is 1.08. The highest BCUT2D eigenvalue weighted by Crippen LogP contribution is 2.32. The summed E-state index contributed by atoms with van der Waals surface area (Å²) in [5, 5.41) is 4.06. The summed E-state index contributed by atoms with van der Waals surface area (Å²) in [6.45, 7) is 4.38. The van der Waals surface area contributed by atoms with E-state index < -0.39 is 6.36 Å². The number of piperidine rings is 1. The zero-order valence-corrected chi connectivity index (χ0v) is 24.1. The number of anilines is 1. The number of halogens is 3. The second-order valence-corrected chi connectivity index (χ2v) is 10.9. The zero-order chi connectivity index (χ0) is 30.7. The number of benzene rings is 4. The van der Waals surface area contributed by atoms with Crippen molar-refractivity contribution in [2.45, 2.75) is 38.8 Å². The largest absolute Gasteiger partial charge is 0.573 e. The molecule has 0 aliphatic carbocycles. The van der Waals surface area contributed by atoms with Gasteiger partial charge in [-0.25, -0.2) is 0 Å². The van der Waals surface area contributed by atoms with E-state index in [-0.39, 0.29) is 17.8 Å². The van der Waals surface area contributed by atoms with Crippen LogP contribution in [0.15, 0.2) is 101 Å². The van der Waals surface area contributed by atoms with Crippen molar-refractivity contribution < 1.29 is 31.9 Å². The number of fused-ring (bicyclic) bond motifs is 1. The predicted molar refractivity (Wildman–Crippen MR) is 163 cm³/mol. The van der Waals surface area contributed by atoms with Crippen LogP contribution in [0.1, 0.15) is 34.5 Å². The molecule has 5 aromatic rings. The van der Waals surface area contributed by atoms with Gasteiger partial charge >= 0.3 is 6.36 Å². The number of furan rings is 1. The van der Waals surface area contributed by atoms with Gasteiger partial charge in [-0.3, -0.25) is 9.69 Å². The molecular weight excluding hydrogens is 569 g/mol. The summed E-state index contributed by atoms with van der Waals surface area (Å²) in [5.41, 5.74) is 3.93. The maximum atomic E-state index is 13.4. The lowest BCUT2D eigenvalue weighted by molar-refractivity contribution is -0.274. The molecule has 1 aliphatic rings. The number of likely N-dealkylation sites (tertiary alicyclic amines) is 1. The molecule has 0 radical (unpaired) electrons. The van der Waals surface area contributed by atoms with Crippen LogP contribution in [0.3, 0.4) is 0 Å². The summed E-state index contributed by atoms with van der Waals surface area (Å²) in [7, 11) is 0. The first-order valence-electron chi connectivity index (χ1n) is 14.4. The molecular formula is C35H31F3N2O4. The molecule has 1 saturated heterocycles. The zero-order valence-electron chi connectivity index (χ0n) is 24.1. The van der Waals surface area contributed by atoms with Crippen LogP contribution in [0, 0.1) is 6.92 Å². The van der Waals surface area contributed by atoms with E-state index in [4.69, 9.17) is 9.15 Å². The quantitative estimate of drug-likeness (QED) is 0.193. The minimum atomic E-state index is -4.78. The van der Waals surface area contributed by atoms with Gasteiger partial charge in [0.15, 0.2) is 0 Å². The number of hydrogen-bond donors (Lipinski definition) is 1. The van der Waals surface area contributed by atoms with Gasteiger partial charge in [-0.05, 0) is 78.9 Å². The number of para-hydroxylation sites is 1. The van der Waals surface area contributed by atoms with Crippen molar-refractivity contribution in [1.29, 1.82) is 0 Å². The Bertz CT molecular complexity index is 1720. The van der Waals surface area contributed by atoms with Crippen LogP contribution < -0.4 is 14.8 Å². The Hall–Kier alpha value is -4.76. The van der Waals surface area contributed by atoms with Crippen molar-refractivity contribution in [2.75, 3.05) is 18.4 Å². The third-order valence-corrected chi connectivity index (χ3v) is 7.68. The molecule has 6 nitrogen and oxygen atoms in total. The van der Waals surface area contributed by atoms with Crippen LogP contribution in [-0.2, 0) is 6.54 Å². The van der Waals surface area contributed by atoms with Crippen molar-refractivity contribution in [2.24, 2.45) is 0 Å². The van der Waals surface area contributed by atoms with E-state index in [0.29, 0.717) is 28.1 Å². The highest BCUT2D eigenvalue weighted by atomic mass is 19.4. The van der Waals surface area contributed by atoms with Gasteiger partial charge in [-0.15, -0.1) is 13.2 Å². The fourth-order valence-corrected chi connectivity index (χ4v) is 5.62. The molecule has 0 spiro atoms. The van der Waals surface area contributed by atoms with Crippen molar-refractivity contribution >= 4 is 22.6 Å². The van der Waals surface area contributed by atoms with Gasteiger partial charge in [-0.1, -0.05) is 48.5 Å². The van der Waals surface area contributed by atoms with Crippen molar-refractivity contribution in [3.63, 3.8) is 0 Å². The minimum Gasteiger partial charge on any atom is -0.490 e. The molecule has 6 rings (SSSR count). The summed E-state index contributed by atoms with van der Waals surface area (Å²) in [5.74, 6) is 0.964.